The maximum absolute atomic E-state index is 13.1. The second-order valence-corrected chi connectivity index (χ2v) is 10.9. The summed E-state index contributed by atoms with van der Waals surface area (Å²) in [6.45, 7) is 9.56. The van der Waals surface area contributed by atoms with Gasteiger partial charge in [-0.2, -0.15) is 5.10 Å². The molecule has 3 aromatic rings. The van der Waals surface area contributed by atoms with E-state index in [9.17, 15) is 14.7 Å². The van der Waals surface area contributed by atoms with E-state index < -0.39 is 5.60 Å². The molecule has 4 rings (SSSR count). The molecule has 1 aliphatic rings. The van der Waals surface area contributed by atoms with E-state index in [4.69, 9.17) is 5.10 Å². The molecule has 2 N–H and O–H groups in total. The van der Waals surface area contributed by atoms with Crippen molar-refractivity contribution in [1.29, 1.82) is 0 Å². The van der Waals surface area contributed by atoms with Gasteiger partial charge in [0, 0.05) is 39.9 Å². The Kier molecular flexibility index (Phi) is 6.34. The molecular formula is C27H34N4O3. The first-order valence-corrected chi connectivity index (χ1v) is 12.0. The summed E-state index contributed by atoms with van der Waals surface area (Å²) >= 11 is 0. The van der Waals surface area contributed by atoms with E-state index in [1.165, 1.54) is 0 Å². The van der Waals surface area contributed by atoms with E-state index in [0.717, 1.165) is 48.6 Å². The van der Waals surface area contributed by atoms with Gasteiger partial charge < -0.3 is 15.2 Å². The molecule has 0 atom stereocenters. The molecule has 2 aromatic heterocycles. The van der Waals surface area contributed by atoms with Crippen LogP contribution in [0.4, 0.5) is 5.69 Å². The van der Waals surface area contributed by atoms with Crippen molar-refractivity contribution in [3.05, 3.63) is 53.5 Å². The first-order chi connectivity index (χ1) is 16.0. The number of benzene rings is 1. The summed E-state index contributed by atoms with van der Waals surface area (Å²) in [4.78, 5) is 28.8. The zero-order valence-corrected chi connectivity index (χ0v) is 20.6. The van der Waals surface area contributed by atoms with Crippen molar-refractivity contribution in [1.82, 2.24) is 14.8 Å². The SMILES string of the molecule is CC(C)(C)c1cccc(C(=O)Nc2cc3cn([C@H]4CC[C@H](C=O)CC4)nc3cc2C(C)(C)O)n1. The number of fused-ring (bicyclic) bond motifs is 1. The van der Waals surface area contributed by atoms with Gasteiger partial charge in [0.1, 0.15) is 12.0 Å². The lowest BCUT2D eigenvalue weighted by molar-refractivity contribution is -0.112. The number of nitrogens with zero attached hydrogens (tertiary/aromatic N) is 3. The molecule has 1 aromatic carbocycles. The molecule has 2 heterocycles. The van der Waals surface area contributed by atoms with Crippen molar-refractivity contribution in [3.63, 3.8) is 0 Å². The Morgan fingerprint density at radius 2 is 1.82 bits per heavy atom. The molecule has 7 heteroatoms. The average Bonchev–Trinajstić information content (AvgIpc) is 3.20. The minimum atomic E-state index is -1.18. The number of carbonyl (C=O) groups is 2. The predicted octanol–water partition coefficient (Wildman–Crippen LogP) is 5.14. The molecule has 34 heavy (non-hydrogen) atoms. The fraction of sp³-hybridized carbons (Fsp3) is 0.481. The van der Waals surface area contributed by atoms with Gasteiger partial charge in [0.25, 0.3) is 5.91 Å². The van der Waals surface area contributed by atoms with E-state index in [1.807, 2.05) is 35.1 Å². The third-order valence-corrected chi connectivity index (χ3v) is 6.63. The molecule has 0 radical (unpaired) electrons. The third-order valence-electron chi connectivity index (χ3n) is 6.63. The molecule has 1 aliphatic carbocycles. The Morgan fingerprint density at radius 1 is 1.12 bits per heavy atom. The number of amides is 1. The second-order valence-electron chi connectivity index (χ2n) is 10.9. The maximum atomic E-state index is 13.1. The zero-order valence-electron chi connectivity index (χ0n) is 20.6. The highest BCUT2D eigenvalue weighted by atomic mass is 16.3. The van der Waals surface area contributed by atoms with Crippen molar-refractivity contribution >= 4 is 28.8 Å². The Labute approximate surface area is 200 Å². The number of carbonyl (C=O) groups excluding carboxylic acids is 2. The maximum Gasteiger partial charge on any atom is 0.274 e. The van der Waals surface area contributed by atoms with Crippen molar-refractivity contribution < 1.29 is 14.7 Å². The quantitative estimate of drug-likeness (QED) is 0.512. The fourth-order valence-corrected chi connectivity index (χ4v) is 4.55. The number of hydrogen-bond donors (Lipinski definition) is 2. The van der Waals surface area contributed by atoms with Gasteiger partial charge >= 0.3 is 0 Å². The lowest BCUT2D eigenvalue weighted by atomic mass is 9.87. The molecule has 1 saturated carbocycles. The van der Waals surface area contributed by atoms with Gasteiger partial charge in [0.2, 0.25) is 0 Å². The average molecular weight is 463 g/mol. The van der Waals surface area contributed by atoms with Gasteiger partial charge in [0.05, 0.1) is 17.2 Å². The summed E-state index contributed by atoms with van der Waals surface area (Å²) in [5, 5.41) is 19.5. The van der Waals surface area contributed by atoms with E-state index in [2.05, 4.69) is 31.1 Å². The Bertz CT molecular complexity index is 1210. The highest BCUT2D eigenvalue weighted by Gasteiger charge is 2.26. The van der Waals surface area contributed by atoms with E-state index in [0.29, 0.717) is 16.9 Å². The molecule has 0 aliphatic heterocycles. The topological polar surface area (TPSA) is 97.1 Å². The fourth-order valence-electron chi connectivity index (χ4n) is 4.55. The Morgan fingerprint density at radius 3 is 2.44 bits per heavy atom. The van der Waals surface area contributed by atoms with Gasteiger partial charge in [0.15, 0.2) is 0 Å². The van der Waals surface area contributed by atoms with Crippen LogP contribution in [-0.4, -0.2) is 32.1 Å². The van der Waals surface area contributed by atoms with Crippen LogP contribution in [0, 0.1) is 5.92 Å². The number of aliphatic hydroxyl groups is 1. The predicted molar refractivity (Wildman–Crippen MR) is 133 cm³/mol. The van der Waals surface area contributed by atoms with Crippen LogP contribution in [-0.2, 0) is 15.8 Å². The van der Waals surface area contributed by atoms with Crippen LogP contribution >= 0.6 is 0 Å². The Hall–Kier alpha value is -3.06. The van der Waals surface area contributed by atoms with Gasteiger partial charge in [-0.25, -0.2) is 4.98 Å². The lowest BCUT2D eigenvalue weighted by Gasteiger charge is -2.25. The molecule has 180 valence electrons. The van der Waals surface area contributed by atoms with Crippen LogP contribution in [0.5, 0.6) is 0 Å². The summed E-state index contributed by atoms with van der Waals surface area (Å²) in [5.41, 5.74) is 1.71. The lowest BCUT2D eigenvalue weighted by Crippen LogP contribution is -2.22. The molecule has 0 bridgehead atoms. The number of hydrogen-bond acceptors (Lipinski definition) is 5. The molecule has 1 amide bonds. The summed E-state index contributed by atoms with van der Waals surface area (Å²) in [6, 6.07) is 9.41. The number of nitrogens with one attached hydrogen (secondary N) is 1. The van der Waals surface area contributed by atoms with Gasteiger partial charge in [-0.1, -0.05) is 26.8 Å². The Balaban J connectivity index is 1.66. The van der Waals surface area contributed by atoms with Gasteiger partial charge in [-0.05, 0) is 63.8 Å². The number of rotatable bonds is 5. The molecule has 7 nitrogen and oxygen atoms in total. The van der Waals surface area contributed by atoms with Crippen LogP contribution in [0.1, 0.15) is 88.1 Å². The van der Waals surface area contributed by atoms with Gasteiger partial charge in [-0.15, -0.1) is 0 Å². The summed E-state index contributed by atoms with van der Waals surface area (Å²) < 4.78 is 1.97. The third kappa shape index (κ3) is 5.04. The van der Waals surface area contributed by atoms with Crippen LogP contribution in [0.25, 0.3) is 10.9 Å². The van der Waals surface area contributed by atoms with Crippen LogP contribution in [0.2, 0.25) is 0 Å². The molecular weight excluding hydrogens is 428 g/mol. The van der Waals surface area contributed by atoms with Crippen molar-refractivity contribution in [2.75, 3.05) is 5.32 Å². The number of aldehydes is 1. The standard InChI is InChI=1S/C27H34N4O3/c1-26(2,3)24-8-6-7-21(28-24)25(33)29-23-13-18-15-31(19-11-9-17(16-32)10-12-19)30-22(18)14-20(23)27(4,5)34/h6-8,13-17,19,34H,9-12H2,1-5H3,(H,29,33)/t17-,19-. The van der Waals surface area contributed by atoms with Crippen molar-refractivity contribution in [2.24, 2.45) is 5.92 Å². The summed E-state index contributed by atoms with van der Waals surface area (Å²) in [6.07, 6.45) is 6.63. The normalized spacial score (nSPS) is 19.2. The summed E-state index contributed by atoms with van der Waals surface area (Å²) in [5.74, 6) is -0.175. The highest BCUT2D eigenvalue weighted by Crippen LogP contribution is 2.35. The van der Waals surface area contributed by atoms with Crippen LogP contribution in [0.15, 0.2) is 36.5 Å². The van der Waals surface area contributed by atoms with E-state index in [-0.39, 0.29) is 23.3 Å². The minimum Gasteiger partial charge on any atom is -0.386 e. The van der Waals surface area contributed by atoms with Crippen molar-refractivity contribution in [2.45, 2.75) is 77.4 Å². The molecule has 0 spiro atoms. The smallest absolute Gasteiger partial charge is 0.274 e. The van der Waals surface area contributed by atoms with Crippen LogP contribution in [0.3, 0.4) is 0 Å². The summed E-state index contributed by atoms with van der Waals surface area (Å²) in [7, 11) is 0. The van der Waals surface area contributed by atoms with E-state index in [1.54, 1.807) is 19.9 Å². The van der Waals surface area contributed by atoms with E-state index >= 15 is 0 Å². The molecule has 0 saturated heterocycles. The monoisotopic (exact) mass is 462 g/mol. The first-order valence-electron chi connectivity index (χ1n) is 12.0. The minimum absolute atomic E-state index is 0.148. The number of pyridine rings is 1. The zero-order chi connectivity index (χ0) is 24.7. The molecule has 1 fully saturated rings. The molecule has 0 unspecified atom stereocenters. The highest BCUT2D eigenvalue weighted by molar-refractivity contribution is 6.04. The number of anilines is 1. The van der Waals surface area contributed by atoms with Gasteiger partial charge in [-0.3, -0.25) is 9.48 Å². The second kappa shape index (κ2) is 8.95. The van der Waals surface area contributed by atoms with Crippen LogP contribution < -0.4 is 5.32 Å². The van der Waals surface area contributed by atoms with Crippen molar-refractivity contribution in [3.8, 4) is 0 Å². The first kappa shape index (κ1) is 24.1. The largest absolute Gasteiger partial charge is 0.386 e. The number of aromatic nitrogens is 3.